The van der Waals surface area contributed by atoms with E-state index in [0.29, 0.717) is 6.42 Å². The summed E-state index contributed by atoms with van der Waals surface area (Å²) in [4.78, 5) is 23.8. The van der Waals surface area contributed by atoms with Crippen molar-refractivity contribution in [2.24, 2.45) is 0 Å². The molecule has 1 N–H and O–H groups in total. The topological polar surface area (TPSA) is 64.6 Å². The highest BCUT2D eigenvalue weighted by Crippen LogP contribution is 2.31. The number of hydrogen-bond donors (Lipinski definition) is 1. The summed E-state index contributed by atoms with van der Waals surface area (Å²) in [5.74, 6) is 0.458. The molecular formula is C18H25NO4. The van der Waals surface area contributed by atoms with Gasteiger partial charge in [0.1, 0.15) is 11.4 Å². The number of methoxy groups -OCH3 is 1. The van der Waals surface area contributed by atoms with Crippen LogP contribution >= 0.6 is 0 Å². The summed E-state index contributed by atoms with van der Waals surface area (Å²) in [5, 5.41) is 2.97. The molecule has 1 aromatic carbocycles. The Morgan fingerprint density at radius 2 is 1.96 bits per heavy atom. The van der Waals surface area contributed by atoms with Gasteiger partial charge in [0, 0.05) is 18.4 Å². The van der Waals surface area contributed by atoms with Crippen molar-refractivity contribution in [1.29, 1.82) is 0 Å². The molecule has 1 amide bonds. The number of nitrogens with one attached hydrogen (secondary N) is 1. The number of esters is 1. The average Bonchev–Trinajstić information content (AvgIpc) is 2.89. The summed E-state index contributed by atoms with van der Waals surface area (Å²) in [6.07, 6.45) is 1.48. The molecule has 1 heterocycles. The van der Waals surface area contributed by atoms with E-state index in [9.17, 15) is 9.59 Å². The van der Waals surface area contributed by atoms with Crippen molar-refractivity contribution in [3.8, 4) is 5.75 Å². The molecule has 2 atom stereocenters. The maximum absolute atomic E-state index is 12.2. The Balaban J connectivity index is 2.17. The summed E-state index contributed by atoms with van der Waals surface area (Å²) in [7, 11) is 1.62. The van der Waals surface area contributed by atoms with Crippen LogP contribution in [0.15, 0.2) is 24.3 Å². The van der Waals surface area contributed by atoms with Gasteiger partial charge in [-0.2, -0.15) is 0 Å². The van der Waals surface area contributed by atoms with Crippen LogP contribution in [0.4, 0.5) is 0 Å². The molecule has 0 saturated carbocycles. The molecule has 1 aliphatic rings. The van der Waals surface area contributed by atoms with E-state index in [0.717, 1.165) is 17.7 Å². The normalized spacial score (nSPS) is 19.1. The van der Waals surface area contributed by atoms with Gasteiger partial charge in [-0.3, -0.25) is 9.59 Å². The Morgan fingerprint density at radius 3 is 2.43 bits per heavy atom. The van der Waals surface area contributed by atoms with Crippen molar-refractivity contribution in [1.82, 2.24) is 5.32 Å². The molecule has 5 heteroatoms. The van der Waals surface area contributed by atoms with Crippen LogP contribution in [0, 0.1) is 0 Å². The largest absolute Gasteiger partial charge is 0.497 e. The average molecular weight is 319 g/mol. The number of benzene rings is 1. The minimum atomic E-state index is -0.513. The van der Waals surface area contributed by atoms with E-state index >= 15 is 0 Å². The standard InChI is InChI=1S/C18H25NO4/c1-18(2,3)23-17(21)11-14(15-9-10-16(20)19-15)12-5-7-13(22-4)8-6-12/h5-8,14-15H,9-11H2,1-4H3,(H,19,20). The first-order valence-electron chi connectivity index (χ1n) is 7.93. The number of amides is 1. The summed E-state index contributed by atoms with van der Waals surface area (Å²) in [6.45, 7) is 5.56. The SMILES string of the molecule is COc1ccc(C(CC(=O)OC(C)(C)C)C2CCC(=O)N2)cc1. The highest BCUT2D eigenvalue weighted by molar-refractivity contribution is 5.79. The lowest BCUT2D eigenvalue weighted by Crippen LogP contribution is -2.34. The molecule has 0 radical (unpaired) electrons. The molecule has 1 fully saturated rings. The number of hydrogen-bond acceptors (Lipinski definition) is 4. The van der Waals surface area contributed by atoms with Gasteiger partial charge in [0.25, 0.3) is 0 Å². The van der Waals surface area contributed by atoms with E-state index in [2.05, 4.69) is 5.32 Å². The van der Waals surface area contributed by atoms with Gasteiger partial charge in [-0.05, 0) is 44.9 Å². The van der Waals surface area contributed by atoms with Crippen molar-refractivity contribution < 1.29 is 19.1 Å². The summed E-state index contributed by atoms with van der Waals surface area (Å²) in [6, 6.07) is 7.59. The Labute approximate surface area is 137 Å². The second kappa shape index (κ2) is 7.02. The highest BCUT2D eigenvalue weighted by atomic mass is 16.6. The van der Waals surface area contributed by atoms with Crippen molar-refractivity contribution >= 4 is 11.9 Å². The van der Waals surface area contributed by atoms with Crippen LogP contribution in [-0.4, -0.2) is 30.6 Å². The van der Waals surface area contributed by atoms with Crippen LogP contribution in [-0.2, 0) is 14.3 Å². The molecule has 0 aliphatic carbocycles. The molecule has 0 aromatic heterocycles. The monoisotopic (exact) mass is 319 g/mol. The third-order valence-corrected chi connectivity index (χ3v) is 3.87. The fourth-order valence-corrected chi connectivity index (χ4v) is 2.85. The molecule has 1 aromatic rings. The smallest absolute Gasteiger partial charge is 0.307 e. The van der Waals surface area contributed by atoms with E-state index in [1.54, 1.807) is 7.11 Å². The first-order chi connectivity index (χ1) is 10.8. The van der Waals surface area contributed by atoms with E-state index in [-0.39, 0.29) is 30.3 Å². The van der Waals surface area contributed by atoms with Gasteiger partial charge in [-0.15, -0.1) is 0 Å². The van der Waals surface area contributed by atoms with E-state index in [4.69, 9.17) is 9.47 Å². The number of rotatable bonds is 5. The zero-order valence-electron chi connectivity index (χ0n) is 14.2. The van der Waals surface area contributed by atoms with Crippen LogP contribution in [0.3, 0.4) is 0 Å². The van der Waals surface area contributed by atoms with Gasteiger partial charge in [0.05, 0.1) is 13.5 Å². The Kier molecular flexibility index (Phi) is 5.29. The molecule has 5 nitrogen and oxygen atoms in total. The maximum atomic E-state index is 12.2. The zero-order chi connectivity index (χ0) is 17.0. The zero-order valence-corrected chi connectivity index (χ0v) is 14.2. The van der Waals surface area contributed by atoms with Gasteiger partial charge >= 0.3 is 5.97 Å². The predicted molar refractivity (Wildman–Crippen MR) is 87.4 cm³/mol. The molecule has 1 aliphatic heterocycles. The van der Waals surface area contributed by atoms with Crippen molar-refractivity contribution in [2.45, 2.75) is 57.6 Å². The molecule has 0 spiro atoms. The Morgan fingerprint density at radius 1 is 1.30 bits per heavy atom. The highest BCUT2D eigenvalue weighted by Gasteiger charge is 2.32. The second-order valence-electron chi connectivity index (χ2n) is 6.88. The molecular weight excluding hydrogens is 294 g/mol. The van der Waals surface area contributed by atoms with Crippen LogP contribution in [0.1, 0.15) is 51.5 Å². The minimum absolute atomic E-state index is 0.0385. The minimum Gasteiger partial charge on any atom is -0.497 e. The maximum Gasteiger partial charge on any atom is 0.307 e. The lowest BCUT2D eigenvalue weighted by molar-refractivity contribution is -0.155. The Bertz CT molecular complexity index is 559. The fraction of sp³-hybridized carbons (Fsp3) is 0.556. The van der Waals surface area contributed by atoms with Crippen LogP contribution in [0.2, 0.25) is 0 Å². The van der Waals surface area contributed by atoms with E-state index in [1.807, 2.05) is 45.0 Å². The van der Waals surface area contributed by atoms with E-state index in [1.165, 1.54) is 0 Å². The summed E-state index contributed by atoms with van der Waals surface area (Å²) >= 11 is 0. The van der Waals surface area contributed by atoms with Crippen molar-refractivity contribution in [3.63, 3.8) is 0 Å². The quantitative estimate of drug-likeness (QED) is 0.848. The number of carbonyl (C=O) groups is 2. The van der Waals surface area contributed by atoms with Crippen molar-refractivity contribution in [2.75, 3.05) is 7.11 Å². The Hall–Kier alpha value is -2.04. The van der Waals surface area contributed by atoms with Crippen LogP contribution < -0.4 is 10.1 Å². The first kappa shape index (κ1) is 17.3. The summed E-state index contributed by atoms with van der Waals surface area (Å²) < 4.78 is 10.6. The third kappa shape index (κ3) is 4.98. The van der Waals surface area contributed by atoms with Gasteiger partial charge in [-0.25, -0.2) is 0 Å². The van der Waals surface area contributed by atoms with E-state index < -0.39 is 5.60 Å². The molecule has 2 unspecified atom stereocenters. The van der Waals surface area contributed by atoms with Gasteiger partial charge < -0.3 is 14.8 Å². The van der Waals surface area contributed by atoms with Crippen molar-refractivity contribution in [3.05, 3.63) is 29.8 Å². The first-order valence-corrected chi connectivity index (χ1v) is 7.93. The van der Waals surface area contributed by atoms with Crippen LogP contribution in [0.25, 0.3) is 0 Å². The van der Waals surface area contributed by atoms with Gasteiger partial charge in [0.2, 0.25) is 5.91 Å². The fourth-order valence-electron chi connectivity index (χ4n) is 2.85. The molecule has 23 heavy (non-hydrogen) atoms. The second-order valence-corrected chi connectivity index (χ2v) is 6.88. The lowest BCUT2D eigenvalue weighted by Gasteiger charge is -2.26. The third-order valence-electron chi connectivity index (χ3n) is 3.87. The molecule has 126 valence electrons. The predicted octanol–water partition coefficient (Wildman–Crippen LogP) is 2.79. The van der Waals surface area contributed by atoms with Crippen LogP contribution in [0.5, 0.6) is 5.75 Å². The lowest BCUT2D eigenvalue weighted by atomic mass is 9.87. The summed E-state index contributed by atoms with van der Waals surface area (Å²) in [5.41, 5.74) is 0.490. The molecule has 1 saturated heterocycles. The number of ether oxygens (including phenoxy) is 2. The molecule has 2 rings (SSSR count). The van der Waals surface area contributed by atoms with Gasteiger partial charge in [0.15, 0.2) is 0 Å². The number of carbonyl (C=O) groups excluding carboxylic acids is 2. The molecule has 0 bridgehead atoms. The van der Waals surface area contributed by atoms with Gasteiger partial charge in [-0.1, -0.05) is 12.1 Å².